The largest absolute Gasteiger partial charge is 0.147 e. The molecule has 2 rings (SSSR count). The van der Waals surface area contributed by atoms with Crippen LogP contribution >= 0.6 is 24.8 Å². The minimum Gasteiger partial charge on any atom is -0.147 e. The van der Waals surface area contributed by atoms with Gasteiger partial charge in [0.1, 0.15) is 0 Å². The zero-order chi connectivity index (χ0) is 11.5. The quantitative estimate of drug-likeness (QED) is 0.750. The van der Waals surface area contributed by atoms with Crippen LogP contribution < -0.4 is 4.74 Å². The van der Waals surface area contributed by atoms with Crippen molar-refractivity contribution in [3.05, 3.63) is 51.4 Å². The van der Waals surface area contributed by atoms with Crippen molar-refractivity contribution < 1.29 is 25.2 Å². The summed E-state index contributed by atoms with van der Waals surface area (Å²) in [6, 6.07) is 8.26. The van der Waals surface area contributed by atoms with Gasteiger partial charge in [-0.1, -0.05) is 0 Å². The van der Waals surface area contributed by atoms with Gasteiger partial charge in [-0.3, -0.25) is 0 Å². The molecule has 0 radical (unpaired) electrons. The molecule has 1 aromatic carbocycles. The SMILES string of the molecule is COc1ccccc1C(C)C1=[C]([Ti])CC=C1.Cl.Cl. The molecule has 1 aliphatic carbocycles. The molecule has 1 nitrogen and oxygen atoms in total. The summed E-state index contributed by atoms with van der Waals surface area (Å²) in [5, 5.41) is 0. The maximum Gasteiger partial charge on any atom is -0.147 e. The van der Waals surface area contributed by atoms with E-state index in [9.17, 15) is 0 Å². The summed E-state index contributed by atoms with van der Waals surface area (Å²) in [7, 11) is 1.73. The molecule has 1 aromatic rings. The van der Waals surface area contributed by atoms with Crippen LogP contribution in [0, 0.1) is 0 Å². The summed E-state index contributed by atoms with van der Waals surface area (Å²) in [6.07, 6.45) is 5.57. The van der Waals surface area contributed by atoms with E-state index in [0.717, 1.165) is 12.2 Å². The average Bonchev–Trinajstić information content (AvgIpc) is 2.74. The van der Waals surface area contributed by atoms with Gasteiger partial charge in [-0.15, -0.1) is 24.8 Å². The molecular formula is C14H17Cl2OTi. The van der Waals surface area contributed by atoms with Crippen LogP contribution in [0.15, 0.2) is 45.9 Å². The van der Waals surface area contributed by atoms with Gasteiger partial charge in [0.05, 0.1) is 0 Å². The Kier molecular flexibility index (Phi) is 7.97. The molecule has 0 fully saturated rings. The van der Waals surface area contributed by atoms with Crippen LogP contribution in [-0.4, -0.2) is 7.11 Å². The van der Waals surface area contributed by atoms with Crippen LogP contribution in [0.1, 0.15) is 24.8 Å². The van der Waals surface area contributed by atoms with Crippen LogP contribution in [-0.2, 0) is 20.4 Å². The van der Waals surface area contributed by atoms with Crippen molar-refractivity contribution >= 4 is 24.8 Å². The van der Waals surface area contributed by atoms with Crippen molar-refractivity contribution in [2.75, 3.05) is 7.11 Å². The van der Waals surface area contributed by atoms with E-state index < -0.39 is 0 Å². The fourth-order valence-electron chi connectivity index (χ4n) is 2.12. The number of ether oxygens (including phenoxy) is 1. The molecule has 0 bridgehead atoms. The van der Waals surface area contributed by atoms with Gasteiger partial charge >= 0.3 is 109 Å². The third-order valence-electron chi connectivity index (χ3n) is 3.04. The van der Waals surface area contributed by atoms with Gasteiger partial charge in [-0.2, -0.15) is 0 Å². The molecule has 0 spiro atoms. The first-order chi connectivity index (χ1) is 7.74. The first-order valence-electron chi connectivity index (χ1n) is 5.48. The second-order valence-electron chi connectivity index (χ2n) is 4.00. The van der Waals surface area contributed by atoms with E-state index in [1.54, 1.807) is 7.11 Å². The van der Waals surface area contributed by atoms with E-state index in [-0.39, 0.29) is 24.8 Å². The topological polar surface area (TPSA) is 9.23 Å². The van der Waals surface area contributed by atoms with Gasteiger partial charge in [-0.05, 0) is 0 Å². The van der Waals surface area contributed by atoms with Crippen molar-refractivity contribution in [1.29, 1.82) is 0 Å². The third-order valence-corrected chi connectivity index (χ3v) is 3.81. The molecule has 0 saturated carbocycles. The van der Waals surface area contributed by atoms with Crippen LogP contribution in [0.3, 0.4) is 0 Å². The summed E-state index contributed by atoms with van der Waals surface area (Å²) in [5.74, 6) is 1.39. The van der Waals surface area contributed by atoms with Gasteiger partial charge in [-0.25, -0.2) is 0 Å². The van der Waals surface area contributed by atoms with Crippen molar-refractivity contribution in [2.24, 2.45) is 0 Å². The number of para-hydroxylation sites is 1. The molecule has 0 heterocycles. The Labute approximate surface area is 133 Å². The third kappa shape index (κ3) is 3.65. The Morgan fingerprint density at radius 2 is 1.89 bits per heavy atom. The minimum atomic E-state index is 0. The van der Waals surface area contributed by atoms with Crippen molar-refractivity contribution in [2.45, 2.75) is 19.3 Å². The Morgan fingerprint density at radius 3 is 2.44 bits per heavy atom. The Hall–Kier alpha value is -0.206. The Balaban J connectivity index is 0.00000144. The van der Waals surface area contributed by atoms with Gasteiger partial charge in [0.25, 0.3) is 0 Å². The first kappa shape index (κ1) is 17.8. The predicted octanol–water partition coefficient (Wildman–Crippen LogP) is 4.40. The molecule has 0 aliphatic heterocycles. The van der Waals surface area contributed by atoms with Crippen LogP contribution in [0.4, 0.5) is 0 Å². The molecule has 0 saturated heterocycles. The van der Waals surface area contributed by atoms with E-state index in [1.165, 1.54) is 15.0 Å². The van der Waals surface area contributed by atoms with E-state index >= 15 is 0 Å². The normalized spacial score (nSPS) is 14.7. The van der Waals surface area contributed by atoms with E-state index in [4.69, 9.17) is 4.74 Å². The number of halogens is 2. The maximum absolute atomic E-state index is 5.41. The maximum atomic E-state index is 5.41. The average molecular weight is 320 g/mol. The monoisotopic (exact) mass is 319 g/mol. The molecule has 1 unspecified atom stereocenters. The molecule has 1 aliphatic rings. The second kappa shape index (κ2) is 8.06. The summed E-state index contributed by atoms with van der Waals surface area (Å²) >= 11 is 2.21. The Morgan fingerprint density at radius 1 is 1.22 bits per heavy atom. The smallest absolute Gasteiger partial charge is 0.147 e. The van der Waals surface area contributed by atoms with Gasteiger partial charge in [0.2, 0.25) is 0 Å². The van der Waals surface area contributed by atoms with Crippen molar-refractivity contribution in [3.63, 3.8) is 0 Å². The molecule has 1 atom stereocenters. The second-order valence-corrected chi connectivity index (χ2v) is 4.95. The summed E-state index contributed by atoms with van der Waals surface area (Å²) in [5.41, 5.74) is 2.70. The van der Waals surface area contributed by atoms with Crippen LogP contribution in [0.5, 0.6) is 5.75 Å². The molecule has 97 valence electrons. The molecule has 18 heavy (non-hydrogen) atoms. The number of benzene rings is 1. The fraction of sp³-hybridized carbons (Fsp3) is 0.286. The fourth-order valence-corrected chi connectivity index (χ4v) is 2.77. The molecule has 0 N–H and O–H groups in total. The molecule has 0 aromatic heterocycles. The van der Waals surface area contributed by atoms with Gasteiger partial charge in [0, 0.05) is 0 Å². The number of hydrogen-bond donors (Lipinski definition) is 0. The molecule has 0 amide bonds. The van der Waals surface area contributed by atoms with Gasteiger partial charge in [0.15, 0.2) is 0 Å². The van der Waals surface area contributed by atoms with E-state index in [2.05, 4.69) is 51.6 Å². The van der Waals surface area contributed by atoms with Gasteiger partial charge < -0.3 is 0 Å². The number of rotatable bonds is 3. The summed E-state index contributed by atoms with van der Waals surface area (Å²) < 4.78 is 6.89. The van der Waals surface area contributed by atoms with E-state index in [1.807, 2.05) is 12.1 Å². The summed E-state index contributed by atoms with van der Waals surface area (Å²) in [6.45, 7) is 2.24. The molecular weight excluding hydrogens is 303 g/mol. The predicted molar refractivity (Wildman–Crippen MR) is 76.7 cm³/mol. The zero-order valence-electron chi connectivity index (χ0n) is 10.5. The zero-order valence-corrected chi connectivity index (χ0v) is 13.7. The number of allylic oxidation sites excluding steroid dienone is 4. The number of hydrogen-bond acceptors (Lipinski definition) is 1. The molecule has 4 heteroatoms. The van der Waals surface area contributed by atoms with Crippen LogP contribution in [0.2, 0.25) is 0 Å². The minimum absolute atomic E-state index is 0. The Bertz CT molecular complexity index is 455. The van der Waals surface area contributed by atoms with Crippen LogP contribution in [0.25, 0.3) is 0 Å². The van der Waals surface area contributed by atoms with Crippen molar-refractivity contribution in [3.8, 4) is 5.75 Å². The number of methoxy groups -OCH3 is 1. The van der Waals surface area contributed by atoms with Crippen molar-refractivity contribution in [1.82, 2.24) is 0 Å². The summed E-state index contributed by atoms with van der Waals surface area (Å²) in [4.78, 5) is 0. The standard InChI is InChI=1S/C14H15O.2ClH.Ti/c1-11(12-7-3-4-8-12)13-9-5-6-10-14(13)15-2;;;/h3,5-7,9-11H,4H2,1-2H3;2*1H;. The van der Waals surface area contributed by atoms with E-state index in [0.29, 0.717) is 5.92 Å². The first-order valence-corrected chi connectivity index (χ1v) is 6.26.